The van der Waals surface area contributed by atoms with Crippen molar-refractivity contribution in [3.63, 3.8) is 0 Å². The molecule has 2 heterocycles. The van der Waals surface area contributed by atoms with E-state index in [1.54, 1.807) is 53.8 Å². The summed E-state index contributed by atoms with van der Waals surface area (Å²) in [6, 6.07) is 7.20. The number of ether oxygens (including phenoxy) is 2. The van der Waals surface area contributed by atoms with Gasteiger partial charge in [0.1, 0.15) is 5.70 Å². The van der Waals surface area contributed by atoms with Crippen LogP contribution in [0.25, 0.3) is 5.69 Å². The largest absolute Gasteiger partial charge is 0.465 e. The van der Waals surface area contributed by atoms with Crippen LogP contribution >= 0.6 is 0 Å². The van der Waals surface area contributed by atoms with Crippen LogP contribution < -0.4 is 4.90 Å². The fourth-order valence-electron chi connectivity index (χ4n) is 2.48. The van der Waals surface area contributed by atoms with E-state index in [1.165, 1.54) is 25.1 Å². The Hall–Kier alpha value is -3.68. The predicted molar refractivity (Wildman–Crippen MR) is 93.2 cm³/mol. The molecule has 0 unspecified atom stereocenters. The molecule has 0 saturated heterocycles. The molecule has 1 aromatic carbocycles. The molecule has 26 heavy (non-hydrogen) atoms. The van der Waals surface area contributed by atoms with Gasteiger partial charge < -0.3 is 14.4 Å². The van der Waals surface area contributed by atoms with Gasteiger partial charge in [-0.25, -0.2) is 9.59 Å². The lowest BCUT2D eigenvalue weighted by Gasteiger charge is -2.23. The number of esters is 2. The standard InChI is InChI=1S/C18H16N4O4/c1-25-17(23)15-8-3-4-11-21(16(15)18(24)26-2)13-6-5-7-14(12-13)22-19-9-10-20-22/h3-12H,1-2H3. The van der Waals surface area contributed by atoms with Gasteiger partial charge in [0.05, 0.1) is 37.9 Å². The maximum Gasteiger partial charge on any atom is 0.355 e. The smallest absolute Gasteiger partial charge is 0.355 e. The Kier molecular flexibility index (Phi) is 4.93. The number of carbonyl (C=O) groups is 2. The molecule has 0 aliphatic carbocycles. The van der Waals surface area contributed by atoms with Crippen LogP contribution in [0.1, 0.15) is 0 Å². The number of hydrogen-bond donors (Lipinski definition) is 0. The topological polar surface area (TPSA) is 86.6 Å². The predicted octanol–water partition coefficient (Wildman–Crippen LogP) is 1.76. The summed E-state index contributed by atoms with van der Waals surface area (Å²) in [4.78, 5) is 27.6. The lowest BCUT2D eigenvalue weighted by molar-refractivity contribution is -0.139. The third kappa shape index (κ3) is 3.25. The van der Waals surface area contributed by atoms with E-state index in [0.29, 0.717) is 11.4 Å². The van der Waals surface area contributed by atoms with Crippen molar-refractivity contribution in [3.8, 4) is 5.69 Å². The zero-order chi connectivity index (χ0) is 18.5. The molecular formula is C18H16N4O4. The quantitative estimate of drug-likeness (QED) is 0.775. The molecular weight excluding hydrogens is 336 g/mol. The minimum atomic E-state index is -0.663. The van der Waals surface area contributed by atoms with Crippen LogP contribution in [0, 0.1) is 0 Å². The summed E-state index contributed by atoms with van der Waals surface area (Å²) in [5.41, 5.74) is 1.46. The Labute approximate surface area is 149 Å². The van der Waals surface area contributed by atoms with E-state index in [0.717, 1.165) is 0 Å². The highest BCUT2D eigenvalue weighted by Crippen LogP contribution is 2.27. The summed E-state index contributed by atoms with van der Waals surface area (Å²) < 4.78 is 9.68. The molecule has 2 aromatic rings. The summed E-state index contributed by atoms with van der Waals surface area (Å²) in [5, 5.41) is 8.19. The van der Waals surface area contributed by atoms with Crippen LogP contribution in [-0.4, -0.2) is 41.2 Å². The fourth-order valence-corrected chi connectivity index (χ4v) is 2.48. The van der Waals surface area contributed by atoms with Crippen molar-refractivity contribution >= 4 is 17.6 Å². The molecule has 8 heteroatoms. The Balaban J connectivity index is 2.14. The molecule has 3 rings (SSSR count). The lowest BCUT2D eigenvalue weighted by Crippen LogP contribution is -2.27. The zero-order valence-corrected chi connectivity index (χ0v) is 14.2. The van der Waals surface area contributed by atoms with Crippen molar-refractivity contribution in [2.75, 3.05) is 19.1 Å². The Morgan fingerprint density at radius 2 is 1.65 bits per heavy atom. The minimum Gasteiger partial charge on any atom is -0.465 e. The van der Waals surface area contributed by atoms with Crippen molar-refractivity contribution in [1.29, 1.82) is 0 Å². The fraction of sp³-hybridized carbons (Fsp3) is 0.111. The van der Waals surface area contributed by atoms with Gasteiger partial charge in [-0.3, -0.25) is 0 Å². The molecule has 0 atom stereocenters. The van der Waals surface area contributed by atoms with Gasteiger partial charge in [-0.1, -0.05) is 12.1 Å². The zero-order valence-electron chi connectivity index (χ0n) is 14.2. The van der Waals surface area contributed by atoms with E-state index >= 15 is 0 Å². The number of allylic oxidation sites excluding steroid dienone is 2. The van der Waals surface area contributed by atoms with Gasteiger partial charge in [-0.15, -0.1) is 0 Å². The molecule has 0 amide bonds. The van der Waals surface area contributed by atoms with Gasteiger partial charge in [-0.05, 0) is 30.4 Å². The van der Waals surface area contributed by atoms with E-state index in [9.17, 15) is 9.59 Å². The number of carbonyl (C=O) groups excluding carboxylic acids is 2. The highest BCUT2D eigenvalue weighted by Gasteiger charge is 2.27. The van der Waals surface area contributed by atoms with Crippen molar-refractivity contribution in [2.24, 2.45) is 0 Å². The number of hydrogen-bond acceptors (Lipinski definition) is 7. The van der Waals surface area contributed by atoms with E-state index < -0.39 is 11.9 Å². The molecule has 0 saturated carbocycles. The monoisotopic (exact) mass is 352 g/mol. The van der Waals surface area contributed by atoms with Gasteiger partial charge in [0.15, 0.2) is 0 Å². The second kappa shape index (κ2) is 7.47. The van der Waals surface area contributed by atoms with Crippen LogP contribution in [-0.2, 0) is 19.1 Å². The Morgan fingerprint density at radius 1 is 0.962 bits per heavy atom. The molecule has 1 aromatic heterocycles. The van der Waals surface area contributed by atoms with Crippen LogP contribution in [0.3, 0.4) is 0 Å². The molecule has 0 radical (unpaired) electrons. The molecule has 1 aliphatic heterocycles. The number of rotatable bonds is 4. The molecule has 0 spiro atoms. The molecule has 1 aliphatic rings. The maximum absolute atomic E-state index is 12.4. The van der Waals surface area contributed by atoms with Crippen LogP contribution in [0.2, 0.25) is 0 Å². The number of anilines is 1. The third-order valence-corrected chi connectivity index (χ3v) is 3.65. The molecule has 0 bridgehead atoms. The Morgan fingerprint density at radius 3 is 2.35 bits per heavy atom. The first-order valence-electron chi connectivity index (χ1n) is 7.67. The number of methoxy groups -OCH3 is 2. The normalized spacial score (nSPS) is 13.5. The third-order valence-electron chi connectivity index (χ3n) is 3.65. The molecule has 8 nitrogen and oxygen atoms in total. The van der Waals surface area contributed by atoms with Crippen LogP contribution in [0.5, 0.6) is 0 Å². The van der Waals surface area contributed by atoms with Crippen molar-refractivity contribution < 1.29 is 19.1 Å². The summed E-state index contributed by atoms with van der Waals surface area (Å²) in [6.07, 6.45) is 9.66. The SMILES string of the molecule is COC(=O)C1=C(C(=O)OC)N(c2cccc(-n3nccn3)c2)C=CC=C1. The molecule has 132 valence electrons. The first-order valence-corrected chi connectivity index (χ1v) is 7.67. The average molecular weight is 352 g/mol. The van der Waals surface area contributed by atoms with Gasteiger partial charge in [0, 0.05) is 11.9 Å². The summed E-state index contributed by atoms with van der Waals surface area (Å²) >= 11 is 0. The first kappa shape index (κ1) is 17.2. The van der Waals surface area contributed by atoms with Gasteiger partial charge in [0.2, 0.25) is 0 Å². The second-order valence-electron chi connectivity index (χ2n) is 5.15. The van der Waals surface area contributed by atoms with E-state index in [1.807, 2.05) is 6.07 Å². The summed E-state index contributed by atoms with van der Waals surface area (Å²) in [6.45, 7) is 0. The first-order chi connectivity index (χ1) is 12.7. The highest BCUT2D eigenvalue weighted by molar-refractivity contribution is 6.05. The second-order valence-corrected chi connectivity index (χ2v) is 5.15. The van der Waals surface area contributed by atoms with Gasteiger partial charge >= 0.3 is 11.9 Å². The maximum atomic E-state index is 12.4. The number of nitrogens with zero attached hydrogens (tertiary/aromatic N) is 4. The van der Waals surface area contributed by atoms with E-state index in [-0.39, 0.29) is 11.3 Å². The molecule has 0 N–H and O–H groups in total. The average Bonchev–Trinajstić information content (AvgIpc) is 3.13. The number of aromatic nitrogens is 3. The summed E-state index contributed by atoms with van der Waals surface area (Å²) in [7, 11) is 2.51. The lowest BCUT2D eigenvalue weighted by atomic mass is 10.1. The van der Waals surface area contributed by atoms with Crippen molar-refractivity contribution in [3.05, 3.63) is 72.4 Å². The number of benzene rings is 1. The van der Waals surface area contributed by atoms with E-state index in [2.05, 4.69) is 10.2 Å². The highest BCUT2D eigenvalue weighted by atomic mass is 16.5. The van der Waals surface area contributed by atoms with Crippen LogP contribution in [0.15, 0.2) is 72.4 Å². The van der Waals surface area contributed by atoms with Crippen molar-refractivity contribution in [2.45, 2.75) is 0 Å². The van der Waals surface area contributed by atoms with Gasteiger partial charge in [0.25, 0.3) is 0 Å². The van der Waals surface area contributed by atoms with Crippen molar-refractivity contribution in [1.82, 2.24) is 15.0 Å². The minimum absolute atomic E-state index is 0.0509. The van der Waals surface area contributed by atoms with Crippen LogP contribution in [0.4, 0.5) is 5.69 Å². The summed E-state index contributed by atoms with van der Waals surface area (Å²) in [5.74, 6) is -1.30. The Bertz CT molecular complexity index is 913. The van der Waals surface area contributed by atoms with E-state index in [4.69, 9.17) is 9.47 Å². The molecule has 0 fully saturated rings. The van der Waals surface area contributed by atoms with Gasteiger partial charge in [-0.2, -0.15) is 15.0 Å².